The summed E-state index contributed by atoms with van der Waals surface area (Å²) in [6, 6.07) is 4.66. The van der Waals surface area contributed by atoms with Crippen molar-refractivity contribution in [2.45, 2.75) is 26.8 Å². The van der Waals surface area contributed by atoms with Gasteiger partial charge in [0.2, 0.25) is 6.04 Å². The first-order valence-electron chi connectivity index (χ1n) is 9.98. The van der Waals surface area contributed by atoms with Gasteiger partial charge in [0.15, 0.2) is 11.5 Å². The van der Waals surface area contributed by atoms with E-state index in [0.717, 1.165) is 0 Å². The number of carbonyl (C=O) groups excluding carboxylic acids is 2. The summed E-state index contributed by atoms with van der Waals surface area (Å²) in [5.41, 5.74) is 0.412. The van der Waals surface area contributed by atoms with Gasteiger partial charge < -0.3 is 24.3 Å². The summed E-state index contributed by atoms with van der Waals surface area (Å²) in [4.78, 5) is 25.1. The first-order chi connectivity index (χ1) is 15.7. The van der Waals surface area contributed by atoms with Crippen molar-refractivity contribution < 1.29 is 28.5 Å². The Morgan fingerprint density at radius 1 is 0.939 bits per heavy atom. The van der Waals surface area contributed by atoms with Gasteiger partial charge in [-0.25, -0.2) is 0 Å². The fraction of sp³-hybridized carbons (Fsp3) is 0.364. The van der Waals surface area contributed by atoms with Crippen LogP contribution in [0.3, 0.4) is 0 Å². The summed E-state index contributed by atoms with van der Waals surface area (Å²) < 4.78 is 21.4. The van der Waals surface area contributed by atoms with Gasteiger partial charge in [-0.1, -0.05) is 23.2 Å². The second kappa shape index (κ2) is 12.3. The molecule has 0 radical (unpaired) electrons. The van der Waals surface area contributed by atoms with E-state index in [1.165, 1.54) is 33.3 Å². The second-order valence-corrected chi connectivity index (χ2v) is 7.34. The zero-order chi connectivity index (χ0) is 24.5. The molecule has 1 atom stereocenters. The topological polar surface area (TPSA) is 108 Å². The highest BCUT2D eigenvalue weighted by Gasteiger charge is 2.25. The quantitative estimate of drug-likeness (QED) is 0.324. The van der Waals surface area contributed by atoms with Crippen molar-refractivity contribution in [2.24, 2.45) is 10.2 Å². The number of Topliss-reactive ketones (excluding diaryl/α,β-unsaturated/α-hetero) is 1. The molecule has 0 aliphatic heterocycles. The number of hydrogen-bond acceptors (Lipinski definition) is 8. The van der Waals surface area contributed by atoms with Crippen LogP contribution in [-0.2, 0) is 9.59 Å². The molecular formula is C22H25Cl2N3O6. The molecule has 11 heteroatoms. The van der Waals surface area contributed by atoms with E-state index in [-0.39, 0.29) is 27.2 Å². The van der Waals surface area contributed by atoms with E-state index in [9.17, 15) is 9.59 Å². The van der Waals surface area contributed by atoms with Gasteiger partial charge in [0.1, 0.15) is 22.9 Å². The van der Waals surface area contributed by atoms with Gasteiger partial charge >= 0.3 is 0 Å². The van der Waals surface area contributed by atoms with Crippen molar-refractivity contribution in [1.82, 2.24) is 0 Å². The molecule has 0 saturated heterocycles. The zero-order valence-corrected chi connectivity index (χ0v) is 20.4. The highest BCUT2D eigenvalue weighted by molar-refractivity contribution is 6.33. The van der Waals surface area contributed by atoms with Crippen LogP contribution in [-0.4, -0.2) is 45.2 Å². The summed E-state index contributed by atoms with van der Waals surface area (Å²) >= 11 is 12.5. The molecule has 0 fully saturated rings. The average Bonchev–Trinajstić information content (AvgIpc) is 2.77. The van der Waals surface area contributed by atoms with Gasteiger partial charge in [-0.2, -0.15) is 5.11 Å². The van der Waals surface area contributed by atoms with Crippen molar-refractivity contribution in [3.05, 3.63) is 34.3 Å². The second-order valence-electron chi connectivity index (χ2n) is 6.52. The number of rotatable bonds is 11. The lowest BCUT2D eigenvalue weighted by molar-refractivity contribution is -0.126. The van der Waals surface area contributed by atoms with Gasteiger partial charge in [0.05, 0.1) is 43.2 Å². The Bertz CT molecular complexity index is 1050. The molecule has 2 aromatic rings. The minimum absolute atomic E-state index is 0.151. The molecule has 0 saturated carbocycles. The molecule has 178 valence electrons. The van der Waals surface area contributed by atoms with Gasteiger partial charge in [-0.15, -0.1) is 5.11 Å². The summed E-state index contributed by atoms with van der Waals surface area (Å²) in [5, 5.41) is 11.0. The maximum atomic E-state index is 12.9. The van der Waals surface area contributed by atoms with E-state index in [4.69, 9.17) is 42.1 Å². The minimum Gasteiger partial charge on any atom is -0.497 e. The number of ether oxygens (including phenoxy) is 4. The average molecular weight is 498 g/mol. The van der Waals surface area contributed by atoms with Crippen molar-refractivity contribution in [3.8, 4) is 23.0 Å². The lowest BCUT2D eigenvalue weighted by Crippen LogP contribution is -2.32. The van der Waals surface area contributed by atoms with Gasteiger partial charge in [-0.3, -0.25) is 9.59 Å². The van der Waals surface area contributed by atoms with Crippen LogP contribution < -0.4 is 24.3 Å². The van der Waals surface area contributed by atoms with E-state index < -0.39 is 17.7 Å². The van der Waals surface area contributed by atoms with Crippen LogP contribution in [0.1, 0.15) is 20.8 Å². The number of ketones is 1. The molecule has 0 heterocycles. The van der Waals surface area contributed by atoms with Crippen LogP contribution in [0.15, 0.2) is 34.5 Å². The molecule has 0 aromatic heterocycles. The van der Waals surface area contributed by atoms with Crippen LogP contribution in [0.2, 0.25) is 10.0 Å². The van der Waals surface area contributed by atoms with Gasteiger partial charge in [0.25, 0.3) is 5.91 Å². The predicted octanol–water partition coefficient (Wildman–Crippen LogP) is 5.49. The standard InChI is InChI=1S/C22H25Cl2N3O6/c1-6-32-17-11-18(33-7-2)16(10-14(17)23)25-22(29)20(12(3)28)26-27-21-15(24)8-13(30-4)9-19(21)31-5/h8-11,20H,6-7H2,1-5H3,(H,25,29). The molecule has 1 unspecified atom stereocenters. The van der Waals surface area contributed by atoms with Crippen molar-refractivity contribution in [3.63, 3.8) is 0 Å². The molecule has 0 spiro atoms. The number of azo groups is 1. The first kappa shape index (κ1) is 26.2. The Hall–Kier alpha value is -3.04. The summed E-state index contributed by atoms with van der Waals surface area (Å²) in [6.07, 6.45) is 0. The van der Waals surface area contributed by atoms with E-state index >= 15 is 0 Å². The third-order valence-electron chi connectivity index (χ3n) is 4.26. The number of benzene rings is 2. The molecule has 0 bridgehead atoms. The third-order valence-corrected chi connectivity index (χ3v) is 4.84. The summed E-state index contributed by atoms with van der Waals surface area (Å²) in [7, 11) is 2.90. The molecule has 1 amide bonds. The van der Waals surface area contributed by atoms with Crippen LogP contribution >= 0.6 is 23.2 Å². The molecule has 9 nitrogen and oxygen atoms in total. The Balaban J connectivity index is 2.36. The van der Waals surface area contributed by atoms with Gasteiger partial charge in [0, 0.05) is 18.2 Å². The van der Waals surface area contributed by atoms with E-state index in [1.807, 2.05) is 6.92 Å². The van der Waals surface area contributed by atoms with Crippen molar-refractivity contribution >= 4 is 46.3 Å². The number of nitrogens with zero attached hydrogens (tertiary/aromatic N) is 2. The molecule has 0 aliphatic rings. The Morgan fingerprint density at radius 2 is 1.61 bits per heavy atom. The summed E-state index contributed by atoms with van der Waals surface area (Å²) in [5.74, 6) is 0.198. The fourth-order valence-corrected chi connectivity index (χ4v) is 3.19. The Kier molecular flexibility index (Phi) is 9.74. The highest BCUT2D eigenvalue weighted by Crippen LogP contribution is 2.40. The highest BCUT2D eigenvalue weighted by atomic mass is 35.5. The number of amides is 1. The maximum Gasteiger partial charge on any atom is 0.258 e. The maximum absolute atomic E-state index is 12.9. The monoisotopic (exact) mass is 497 g/mol. The molecule has 2 rings (SSSR count). The predicted molar refractivity (Wildman–Crippen MR) is 126 cm³/mol. The molecule has 1 N–H and O–H groups in total. The van der Waals surface area contributed by atoms with E-state index in [0.29, 0.717) is 30.5 Å². The Labute approximate surface area is 202 Å². The molecular weight excluding hydrogens is 473 g/mol. The normalized spacial score (nSPS) is 11.7. The molecule has 2 aromatic carbocycles. The fourth-order valence-electron chi connectivity index (χ4n) is 2.73. The zero-order valence-electron chi connectivity index (χ0n) is 18.9. The van der Waals surface area contributed by atoms with Crippen LogP contribution in [0.4, 0.5) is 11.4 Å². The van der Waals surface area contributed by atoms with Crippen LogP contribution in [0, 0.1) is 0 Å². The largest absolute Gasteiger partial charge is 0.497 e. The SMILES string of the molecule is CCOc1cc(OCC)c(NC(=O)C(N=Nc2c(Cl)cc(OC)cc2OC)C(C)=O)cc1Cl. The number of nitrogens with one attached hydrogen (secondary N) is 1. The Morgan fingerprint density at radius 3 is 2.18 bits per heavy atom. The van der Waals surface area contributed by atoms with Crippen molar-refractivity contribution in [1.29, 1.82) is 0 Å². The number of carbonyl (C=O) groups is 2. The van der Waals surface area contributed by atoms with E-state index in [2.05, 4.69) is 15.5 Å². The smallest absolute Gasteiger partial charge is 0.258 e. The van der Waals surface area contributed by atoms with Gasteiger partial charge in [-0.05, 0) is 26.8 Å². The number of halogens is 2. The molecule has 0 aliphatic carbocycles. The lowest BCUT2D eigenvalue weighted by atomic mass is 10.2. The van der Waals surface area contributed by atoms with Crippen LogP contribution in [0.25, 0.3) is 0 Å². The summed E-state index contributed by atoms with van der Waals surface area (Å²) in [6.45, 7) is 5.58. The number of methoxy groups -OCH3 is 2. The lowest BCUT2D eigenvalue weighted by Gasteiger charge is -2.16. The van der Waals surface area contributed by atoms with E-state index in [1.54, 1.807) is 19.1 Å². The van der Waals surface area contributed by atoms with Crippen LogP contribution in [0.5, 0.6) is 23.0 Å². The number of hydrogen-bond donors (Lipinski definition) is 1. The number of anilines is 1. The molecule has 33 heavy (non-hydrogen) atoms. The van der Waals surface area contributed by atoms with Crippen molar-refractivity contribution in [2.75, 3.05) is 32.8 Å². The third kappa shape index (κ3) is 6.72. The minimum atomic E-state index is -1.45. The first-order valence-corrected chi connectivity index (χ1v) is 10.7.